The van der Waals surface area contributed by atoms with Crippen molar-refractivity contribution in [3.05, 3.63) is 35.4 Å². The van der Waals surface area contributed by atoms with Gasteiger partial charge < -0.3 is 15.3 Å². The SMILES string of the molecule is CCC(CO)(CO)CO.Cc1cccc(C2CC(=O)CC(=O)C2)c1. The highest BCUT2D eigenvalue weighted by molar-refractivity contribution is 6.02. The van der Waals surface area contributed by atoms with Crippen LogP contribution in [0.5, 0.6) is 0 Å². The third kappa shape index (κ3) is 5.82. The van der Waals surface area contributed by atoms with Gasteiger partial charge in [0.05, 0.1) is 26.2 Å². The van der Waals surface area contributed by atoms with Crippen LogP contribution in [-0.2, 0) is 9.59 Å². The Morgan fingerprint density at radius 2 is 1.58 bits per heavy atom. The summed E-state index contributed by atoms with van der Waals surface area (Å²) in [5.41, 5.74) is 1.63. The van der Waals surface area contributed by atoms with Gasteiger partial charge in [0.1, 0.15) is 11.6 Å². The van der Waals surface area contributed by atoms with Crippen LogP contribution >= 0.6 is 0 Å². The van der Waals surface area contributed by atoms with E-state index in [2.05, 4.69) is 6.07 Å². The summed E-state index contributed by atoms with van der Waals surface area (Å²) in [5, 5.41) is 26.0. The number of Topliss-reactive ketones (excluding diaryl/α,β-unsaturated/α-hetero) is 2. The number of carbonyl (C=O) groups excluding carboxylic acids is 2. The predicted octanol–water partition coefficient (Wildman–Crippen LogP) is 1.76. The normalized spacial score (nSPS) is 15.9. The molecule has 0 heterocycles. The highest BCUT2D eigenvalue weighted by Gasteiger charge is 2.26. The predicted molar refractivity (Wildman–Crippen MR) is 91.8 cm³/mol. The van der Waals surface area contributed by atoms with E-state index in [1.54, 1.807) is 0 Å². The van der Waals surface area contributed by atoms with Crippen LogP contribution in [0.3, 0.4) is 0 Å². The van der Waals surface area contributed by atoms with Gasteiger partial charge in [0.15, 0.2) is 0 Å². The van der Waals surface area contributed by atoms with Crippen molar-refractivity contribution in [2.45, 2.75) is 45.4 Å². The number of benzene rings is 1. The monoisotopic (exact) mass is 336 g/mol. The number of hydrogen-bond donors (Lipinski definition) is 3. The van der Waals surface area contributed by atoms with Gasteiger partial charge in [-0.15, -0.1) is 0 Å². The van der Waals surface area contributed by atoms with Crippen LogP contribution in [-0.4, -0.2) is 46.7 Å². The van der Waals surface area contributed by atoms with Gasteiger partial charge in [0.2, 0.25) is 0 Å². The third-order valence-electron chi connectivity index (χ3n) is 4.61. The lowest BCUT2D eigenvalue weighted by Crippen LogP contribution is -2.32. The van der Waals surface area contributed by atoms with E-state index in [-0.39, 0.29) is 43.7 Å². The summed E-state index contributed by atoms with van der Waals surface area (Å²) in [5.74, 6) is 0.272. The third-order valence-corrected chi connectivity index (χ3v) is 4.61. The smallest absolute Gasteiger partial charge is 0.140 e. The van der Waals surface area contributed by atoms with Crippen LogP contribution in [0.15, 0.2) is 24.3 Å². The molecule has 5 heteroatoms. The second-order valence-electron chi connectivity index (χ2n) is 6.60. The Kier molecular flexibility index (Phi) is 8.25. The lowest BCUT2D eigenvalue weighted by atomic mass is 9.82. The Hall–Kier alpha value is -1.56. The summed E-state index contributed by atoms with van der Waals surface area (Å²) in [6.07, 6.45) is 1.78. The second kappa shape index (κ2) is 9.67. The largest absolute Gasteiger partial charge is 0.396 e. The average Bonchev–Trinajstić information content (AvgIpc) is 2.57. The van der Waals surface area contributed by atoms with Gasteiger partial charge in [0, 0.05) is 18.3 Å². The fraction of sp³-hybridized carbons (Fsp3) is 0.579. The van der Waals surface area contributed by atoms with E-state index in [1.165, 1.54) is 5.56 Å². The molecular formula is C19H28O5. The molecule has 1 aliphatic rings. The highest BCUT2D eigenvalue weighted by atomic mass is 16.3. The number of rotatable bonds is 5. The Balaban J connectivity index is 0.000000277. The Morgan fingerprint density at radius 1 is 1.04 bits per heavy atom. The fourth-order valence-corrected chi connectivity index (χ4v) is 2.63. The van der Waals surface area contributed by atoms with Crippen LogP contribution in [0, 0.1) is 12.3 Å². The summed E-state index contributed by atoms with van der Waals surface area (Å²) >= 11 is 0. The topological polar surface area (TPSA) is 94.8 Å². The zero-order valence-corrected chi connectivity index (χ0v) is 14.5. The molecule has 1 aliphatic carbocycles. The zero-order chi connectivity index (χ0) is 18.2. The van der Waals surface area contributed by atoms with Crippen molar-refractivity contribution in [3.63, 3.8) is 0 Å². The van der Waals surface area contributed by atoms with E-state index in [0.717, 1.165) is 5.56 Å². The molecule has 0 bridgehead atoms. The van der Waals surface area contributed by atoms with Crippen molar-refractivity contribution in [1.29, 1.82) is 0 Å². The fourth-order valence-electron chi connectivity index (χ4n) is 2.63. The first-order valence-electron chi connectivity index (χ1n) is 8.32. The summed E-state index contributed by atoms with van der Waals surface area (Å²) in [6, 6.07) is 8.07. The highest BCUT2D eigenvalue weighted by Crippen LogP contribution is 2.29. The molecule has 0 spiro atoms. The average molecular weight is 336 g/mol. The van der Waals surface area contributed by atoms with Gasteiger partial charge in [0.25, 0.3) is 0 Å². The van der Waals surface area contributed by atoms with E-state index < -0.39 is 5.41 Å². The Morgan fingerprint density at radius 3 is 1.96 bits per heavy atom. The number of hydrogen-bond acceptors (Lipinski definition) is 5. The first kappa shape index (κ1) is 20.5. The quantitative estimate of drug-likeness (QED) is 0.712. The molecule has 2 rings (SSSR count). The van der Waals surface area contributed by atoms with Crippen LogP contribution in [0.2, 0.25) is 0 Å². The lowest BCUT2D eigenvalue weighted by Gasteiger charge is -2.24. The lowest BCUT2D eigenvalue weighted by molar-refractivity contribution is -0.130. The summed E-state index contributed by atoms with van der Waals surface area (Å²) in [4.78, 5) is 22.6. The van der Waals surface area contributed by atoms with Gasteiger partial charge in [-0.3, -0.25) is 9.59 Å². The van der Waals surface area contributed by atoms with Gasteiger partial charge in [-0.2, -0.15) is 0 Å². The van der Waals surface area contributed by atoms with Gasteiger partial charge in [-0.1, -0.05) is 36.8 Å². The molecule has 5 nitrogen and oxygen atoms in total. The maximum Gasteiger partial charge on any atom is 0.140 e. The van der Waals surface area contributed by atoms with Crippen LogP contribution in [0.25, 0.3) is 0 Å². The van der Waals surface area contributed by atoms with E-state index in [9.17, 15) is 9.59 Å². The Labute approximate surface area is 143 Å². The number of ketones is 2. The number of aliphatic hydroxyl groups is 3. The van der Waals surface area contributed by atoms with Gasteiger partial charge in [-0.25, -0.2) is 0 Å². The summed E-state index contributed by atoms with van der Waals surface area (Å²) in [6.45, 7) is 3.38. The molecule has 3 N–H and O–H groups in total. The zero-order valence-electron chi connectivity index (χ0n) is 14.5. The number of aryl methyl sites for hydroxylation is 1. The molecular weight excluding hydrogens is 308 g/mol. The van der Waals surface area contributed by atoms with E-state index in [4.69, 9.17) is 15.3 Å². The molecule has 1 fully saturated rings. The maximum atomic E-state index is 11.3. The molecule has 1 aromatic carbocycles. The molecule has 1 aromatic rings. The summed E-state index contributed by atoms with van der Waals surface area (Å²) in [7, 11) is 0. The minimum Gasteiger partial charge on any atom is -0.396 e. The summed E-state index contributed by atoms with van der Waals surface area (Å²) < 4.78 is 0. The van der Waals surface area contributed by atoms with Crippen molar-refractivity contribution in [2.75, 3.05) is 19.8 Å². The van der Waals surface area contributed by atoms with Gasteiger partial charge in [-0.05, 0) is 24.8 Å². The molecule has 1 saturated carbocycles. The second-order valence-corrected chi connectivity index (χ2v) is 6.60. The van der Waals surface area contributed by atoms with E-state index in [1.807, 2.05) is 32.0 Å². The maximum absolute atomic E-state index is 11.3. The van der Waals surface area contributed by atoms with Crippen molar-refractivity contribution in [2.24, 2.45) is 5.41 Å². The first-order chi connectivity index (χ1) is 11.4. The molecule has 0 aliphatic heterocycles. The Bertz CT molecular complexity index is 515. The van der Waals surface area contributed by atoms with Crippen LogP contribution < -0.4 is 0 Å². The van der Waals surface area contributed by atoms with Crippen molar-refractivity contribution >= 4 is 11.6 Å². The van der Waals surface area contributed by atoms with Crippen molar-refractivity contribution in [3.8, 4) is 0 Å². The van der Waals surface area contributed by atoms with Crippen molar-refractivity contribution < 1.29 is 24.9 Å². The minimum absolute atomic E-state index is 0.0813. The molecule has 24 heavy (non-hydrogen) atoms. The number of carbonyl (C=O) groups is 2. The van der Waals surface area contributed by atoms with E-state index >= 15 is 0 Å². The molecule has 0 aromatic heterocycles. The first-order valence-corrected chi connectivity index (χ1v) is 8.32. The molecule has 0 saturated heterocycles. The van der Waals surface area contributed by atoms with E-state index in [0.29, 0.717) is 19.3 Å². The van der Waals surface area contributed by atoms with Crippen molar-refractivity contribution in [1.82, 2.24) is 0 Å². The molecule has 0 amide bonds. The van der Waals surface area contributed by atoms with Crippen LogP contribution in [0.1, 0.15) is 49.7 Å². The molecule has 0 radical (unpaired) electrons. The molecule has 0 atom stereocenters. The molecule has 134 valence electrons. The number of aliphatic hydroxyl groups excluding tert-OH is 3. The van der Waals surface area contributed by atoms with Crippen LogP contribution in [0.4, 0.5) is 0 Å². The standard InChI is InChI=1S/C13H14O2.C6H14O3/c1-9-3-2-4-10(5-9)11-6-12(14)8-13(15)7-11;1-2-6(3-7,4-8)5-9/h2-5,11H,6-8H2,1H3;7-9H,2-5H2,1H3. The molecule has 0 unspecified atom stereocenters. The minimum atomic E-state index is -0.667. The van der Waals surface area contributed by atoms with Gasteiger partial charge >= 0.3 is 0 Å².